The molecule has 1 rings (SSSR count). The lowest BCUT2D eigenvalue weighted by molar-refractivity contribution is -0.124. The van der Waals surface area contributed by atoms with Crippen molar-refractivity contribution in [2.24, 2.45) is 11.7 Å². The average molecular weight is 199 g/mol. The van der Waals surface area contributed by atoms with Gasteiger partial charge in [0.15, 0.2) is 0 Å². The van der Waals surface area contributed by atoms with E-state index >= 15 is 0 Å². The highest BCUT2D eigenvalue weighted by atomic mass is 16.2. The summed E-state index contributed by atoms with van der Waals surface area (Å²) in [6.45, 7) is 5.85. The number of piperidine rings is 1. The molecule has 1 fully saturated rings. The summed E-state index contributed by atoms with van der Waals surface area (Å²) in [5.74, 6) is 0.181. The molecule has 1 saturated heterocycles. The van der Waals surface area contributed by atoms with E-state index in [9.17, 15) is 4.79 Å². The van der Waals surface area contributed by atoms with Gasteiger partial charge >= 0.3 is 0 Å². The zero-order valence-corrected chi connectivity index (χ0v) is 9.05. The summed E-state index contributed by atoms with van der Waals surface area (Å²) in [4.78, 5) is 11.6. The van der Waals surface area contributed by atoms with Crippen LogP contribution in [-0.4, -0.2) is 31.1 Å². The zero-order valence-electron chi connectivity index (χ0n) is 9.05. The highest BCUT2D eigenvalue weighted by molar-refractivity contribution is 5.82. The lowest BCUT2D eigenvalue weighted by atomic mass is 10.0. The molecule has 0 aromatic heterocycles. The molecule has 0 bridgehead atoms. The summed E-state index contributed by atoms with van der Waals surface area (Å²) in [5, 5.41) is 6.23. The first-order valence-corrected chi connectivity index (χ1v) is 5.38. The van der Waals surface area contributed by atoms with Crippen molar-refractivity contribution in [1.29, 1.82) is 0 Å². The summed E-state index contributed by atoms with van der Waals surface area (Å²) in [5.41, 5.74) is 5.74. The van der Waals surface area contributed by atoms with E-state index in [2.05, 4.69) is 10.6 Å². The van der Waals surface area contributed by atoms with E-state index in [0.717, 1.165) is 25.9 Å². The Morgan fingerprint density at radius 1 is 1.57 bits per heavy atom. The molecular weight excluding hydrogens is 178 g/mol. The molecule has 1 aliphatic heterocycles. The molecular formula is C10H21N3O. The fourth-order valence-electron chi connectivity index (χ4n) is 1.58. The topological polar surface area (TPSA) is 67.2 Å². The molecule has 0 aromatic rings. The van der Waals surface area contributed by atoms with Crippen molar-refractivity contribution >= 4 is 5.91 Å². The molecule has 1 aliphatic rings. The Hall–Kier alpha value is -0.610. The highest BCUT2D eigenvalue weighted by Gasteiger charge is 2.21. The van der Waals surface area contributed by atoms with Crippen LogP contribution in [0.5, 0.6) is 0 Å². The molecule has 14 heavy (non-hydrogen) atoms. The van der Waals surface area contributed by atoms with Gasteiger partial charge in [-0.3, -0.25) is 4.79 Å². The van der Waals surface area contributed by atoms with E-state index < -0.39 is 0 Å². The second-order valence-corrected chi connectivity index (χ2v) is 4.32. The van der Waals surface area contributed by atoms with Gasteiger partial charge in [0.05, 0.1) is 6.04 Å². The molecule has 1 amide bonds. The van der Waals surface area contributed by atoms with Crippen molar-refractivity contribution in [3.63, 3.8) is 0 Å². The maximum absolute atomic E-state index is 11.6. The van der Waals surface area contributed by atoms with Crippen molar-refractivity contribution in [2.75, 3.05) is 13.1 Å². The van der Waals surface area contributed by atoms with E-state index in [0.29, 0.717) is 0 Å². The largest absolute Gasteiger partial charge is 0.351 e. The normalized spacial score (nSPS) is 24.7. The van der Waals surface area contributed by atoms with Gasteiger partial charge in [-0.05, 0) is 25.3 Å². The van der Waals surface area contributed by atoms with Crippen LogP contribution in [-0.2, 0) is 4.79 Å². The number of carbonyl (C=O) groups is 1. The van der Waals surface area contributed by atoms with Crippen molar-refractivity contribution in [2.45, 2.75) is 38.8 Å². The third-order valence-corrected chi connectivity index (χ3v) is 2.66. The molecule has 0 aromatic carbocycles. The minimum absolute atomic E-state index is 0.0197. The summed E-state index contributed by atoms with van der Waals surface area (Å²) in [6, 6.07) is -0.113. The summed E-state index contributed by atoms with van der Waals surface area (Å²) in [6.07, 6.45) is 2.19. The van der Waals surface area contributed by atoms with Gasteiger partial charge in [0, 0.05) is 12.6 Å². The van der Waals surface area contributed by atoms with Gasteiger partial charge in [-0.25, -0.2) is 0 Å². The van der Waals surface area contributed by atoms with Crippen LogP contribution in [0, 0.1) is 5.92 Å². The van der Waals surface area contributed by atoms with Gasteiger partial charge in [0.25, 0.3) is 0 Å². The molecule has 1 heterocycles. The minimum atomic E-state index is -0.378. The second kappa shape index (κ2) is 5.32. The van der Waals surface area contributed by atoms with Crippen molar-refractivity contribution in [3.8, 4) is 0 Å². The standard InChI is InChI=1S/C10H21N3O/c1-7(2)9(11)10(14)13-8-4-3-5-12-6-8/h7-9,12H,3-6,11H2,1-2H3,(H,13,14)/t8-,9?/m1/s1. The quantitative estimate of drug-likeness (QED) is 0.591. The number of nitrogens with two attached hydrogens (primary N) is 1. The first kappa shape index (κ1) is 11.5. The lowest BCUT2D eigenvalue weighted by Crippen LogP contribution is -2.52. The molecule has 4 N–H and O–H groups in total. The fraction of sp³-hybridized carbons (Fsp3) is 0.900. The van der Waals surface area contributed by atoms with Gasteiger partial charge in [-0.1, -0.05) is 13.8 Å². The van der Waals surface area contributed by atoms with E-state index in [1.807, 2.05) is 13.8 Å². The van der Waals surface area contributed by atoms with Crippen LogP contribution >= 0.6 is 0 Å². The second-order valence-electron chi connectivity index (χ2n) is 4.32. The number of nitrogens with one attached hydrogen (secondary N) is 2. The van der Waals surface area contributed by atoms with E-state index in [4.69, 9.17) is 5.73 Å². The van der Waals surface area contributed by atoms with Crippen molar-refractivity contribution in [3.05, 3.63) is 0 Å². The maximum atomic E-state index is 11.6. The molecule has 0 spiro atoms. The van der Waals surface area contributed by atoms with Crippen molar-refractivity contribution in [1.82, 2.24) is 10.6 Å². The van der Waals surface area contributed by atoms with Crippen LogP contribution in [0.2, 0.25) is 0 Å². The molecule has 82 valence electrons. The van der Waals surface area contributed by atoms with E-state index in [1.54, 1.807) is 0 Å². The average Bonchev–Trinajstić information content (AvgIpc) is 2.18. The fourth-order valence-corrected chi connectivity index (χ4v) is 1.58. The van der Waals surface area contributed by atoms with Crippen LogP contribution in [0.25, 0.3) is 0 Å². The molecule has 4 heteroatoms. The van der Waals surface area contributed by atoms with Gasteiger partial charge < -0.3 is 16.4 Å². The number of amides is 1. The highest BCUT2D eigenvalue weighted by Crippen LogP contribution is 2.03. The Morgan fingerprint density at radius 3 is 2.79 bits per heavy atom. The predicted molar refractivity (Wildman–Crippen MR) is 56.8 cm³/mol. The van der Waals surface area contributed by atoms with Crippen molar-refractivity contribution < 1.29 is 4.79 Å². The monoisotopic (exact) mass is 199 g/mol. The Labute approximate surface area is 85.6 Å². The SMILES string of the molecule is CC(C)C(N)C(=O)N[C@@H]1CCCNC1. The number of hydrogen-bond acceptors (Lipinski definition) is 3. The Balaban J connectivity index is 2.31. The first-order chi connectivity index (χ1) is 6.61. The number of hydrogen-bond donors (Lipinski definition) is 3. The third-order valence-electron chi connectivity index (χ3n) is 2.66. The maximum Gasteiger partial charge on any atom is 0.237 e. The van der Waals surface area contributed by atoms with Gasteiger partial charge in [-0.15, -0.1) is 0 Å². The molecule has 1 unspecified atom stereocenters. The van der Waals surface area contributed by atoms with Crippen LogP contribution in [0.4, 0.5) is 0 Å². The van der Waals surface area contributed by atoms with E-state index in [1.165, 1.54) is 0 Å². The first-order valence-electron chi connectivity index (χ1n) is 5.38. The van der Waals surface area contributed by atoms with Gasteiger partial charge in [0.2, 0.25) is 5.91 Å². The van der Waals surface area contributed by atoms with Gasteiger partial charge in [-0.2, -0.15) is 0 Å². The molecule has 0 aliphatic carbocycles. The molecule has 0 radical (unpaired) electrons. The Bertz CT molecular complexity index is 188. The molecule has 2 atom stereocenters. The van der Waals surface area contributed by atoms with Gasteiger partial charge in [0.1, 0.15) is 0 Å². The lowest BCUT2D eigenvalue weighted by Gasteiger charge is -2.26. The summed E-state index contributed by atoms with van der Waals surface area (Å²) >= 11 is 0. The zero-order chi connectivity index (χ0) is 10.6. The van der Waals surface area contributed by atoms with Crippen LogP contribution in [0.1, 0.15) is 26.7 Å². The minimum Gasteiger partial charge on any atom is -0.351 e. The van der Waals surface area contributed by atoms with Crippen LogP contribution in [0.3, 0.4) is 0 Å². The van der Waals surface area contributed by atoms with E-state index in [-0.39, 0.29) is 23.9 Å². The number of carbonyl (C=O) groups excluding carboxylic acids is 1. The Kier molecular flexibility index (Phi) is 4.35. The summed E-state index contributed by atoms with van der Waals surface area (Å²) < 4.78 is 0. The predicted octanol–water partition coefficient (Wildman–Crippen LogP) is -0.162. The molecule has 4 nitrogen and oxygen atoms in total. The van der Waals surface area contributed by atoms with Crippen LogP contribution < -0.4 is 16.4 Å². The summed E-state index contributed by atoms with van der Waals surface area (Å²) in [7, 11) is 0. The smallest absolute Gasteiger partial charge is 0.237 e. The number of rotatable bonds is 3. The van der Waals surface area contributed by atoms with Crippen LogP contribution in [0.15, 0.2) is 0 Å². The third kappa shape index (κ3) is 3.27. The molecule has 0 saturated carbocycles. The Morgan fingerprint density at radius 2 is 2.29 bits per heavy atom.